The second-order valence-electron chi connectivity index (χ2n) is 8.89. The maximum atomic E-state index is 12.4. The van der Waals surface area contributed by atoms with E-state index in [9.17, 15) is 4.79 Å². The average molecular weight is 388 g/mol. The number of nitrogens with one attached hydrogen (secondary N) is 1. The zero-order valence-corrected chi connectivity index (χ0v) is 17.3. The van der Waals surface area contributed by atoms with Gasteiger partial charge >= 0.3 is 0 Å². The van der Waals surface area contributed by atoms with Crippen molar-refractivity contribution in [2.75, 3.05) is 5.75 Å². The van der Waals surface area contributed by atoms with Crippen LogP contribution in [-0.4, -0.2) is 32.1 Å². The Morgan fingerprint density at radius 3 is 2.74 bits per heavy atom. The van der Waals surface area contributed by atoms with Crippen molar-refractivity contribution in [1.82, 2.24) is 20.2 Å². The van der Waals surface area contributed by atoms with Gasteiger partial charge in [0.1, 0.15) is 5.82 Å². The Kier molecular flexibility index (Phi) is 4.69. The van der Waals surface area contributed by atoms with Gasteiger partial charge in [-0.25, -0.2) is 5.43 Å². The molecule has 0 aromatic carbocycles. The lowest BCUT2D eigenvalue weighted by Crippen LogP contribution is -2.34. The highest BCUT2D eigenvalue weighted by Gasteiger charge is 2.60. The Hall–Kier alpha value is -1.63. The molecule has 1 N–H and O–H groups in total. The van der Waals surface area contributed by atoms with Crippen molar-refractivity contribution in [2.45, 2.75) is 70.5 Å². The van der Waals surface area contributed by atoms with Gasteiger partial charge < -0.3 is 4.57 Å². The van der Waals surface area contributed by atoms with Crippen LogP contribution >= 0.6 is 11.8 Å². The lowest BCUT2D eigenvalue weighted by atomic mass is 9.70. The van der Waals surface area contributed by atoms with E-state index >= 15 is 0 Å². The fourth-order valence-corrected chi connectivity index (χ4v) is 5.49. The highest BCUT2D eigenvalue weighted by Crippen LogP contribution is 2.63. The van der Waals surface area contributed by atoms with Crippen molar-refractivity contribution in [3.63, 3.8) is 0 Å². The number of thioether (sulfide) groups is 1. The van der Waals surface area contributed by atoms with Crippen molar-refractivity contribution in [3.8, 4) is 0 Å². The third-order valence-electron chi connectivity index (χ3n) is 7.16. The van der Waals surface area contributed by atoms with E-state index in [-0.39, 0.29) is 16.7 Å². The number of hydrogen-bond acceptors (Lipinski definition) is 5. The average Bonchev–Trinajstić information content (AvgIpc) is 3.32. The number of amides is 1. The van der Waals surface area contributed by atoms with Crippen LogP contribution in [0.1, 0.15) is 64.6 Å². The topological polar surface area (TPSA) is 72.2 Å². The maximum Gasteiger partial charge on any atom is 0.250 e. The van der Waals surface area contributed by atoms with Crippen LogP contribution in [0.5, 0.6) is 0 Å². The van der Waals surface area contributed by atoms with Crippen LogP contribution in [0.3, 0.4) is 0 Å². The lowest BCUT2D eigenvalue weighted by Gasteiger charge is -2.34. The Labute approximate surface area is 165 Å². The van der Waals surface area contributed by atoms with Crippen LogP contribution in [0, 0.1) is 16.7 Å². The van der Waals surface area contributed by atoms with E-state index in [1.807, 2.05) is 6.08 Å². The van der Waals surface area contributed by atoms with Crippen molar-refractivity contribution in [2.24, 2.45) is 21.8 Å². The van der Waals surface area contributed by atoms with Crippen LogP contribution in [-0.2, 0) is 11.3 Å². The highest BCUT2D eigenvalue weighted by molar-refractivity contribution is 7.99. The molecule has 1 aromatic heterocycles. The molecule has 6 nitrogen and oxygen atoms in total. The molecule has 1 heterocycles. The molecule has 3 aliphatic carbocycles. The molecule has 3 saturated carbocycles. The van der Waals surface area contributed by atoms with E-state index in [4.69, 9.17) is 0 Å². The molecule has 7 heteroatoms. The molecule has 146 valence electrons. The van der Waals surface area contributed by atoms with Crippen LogP contribution in [0.25, 0.3) is 0 Å². The van der Waals surface area contributed by atoms with Gasteiger partial charge in [0.2, 0.25) is 0 Å². The molecule has 27 heavy (non-hydrogen) atoms. The minimum atomic E-state index is -0.0854. The summed E-state index contributed by atoms with van der Waals surface area (Å²) in [6.07, 6.45) is 7.65. The zero-order valence-electron chi connectivity index (χ0n) is 16.5. The first kappa shape index (κ1) is 18.7. The van der Waals surface area contributed by atoms with E-state index in [1.165, 1.54) is 37.4 Å². The zero-order chi connectivity index (χ0) is 19.2. The first-order valence-corrected chi connectivity index (χ1v) is 10.9. The van der Waals surface area contributed by atoms with Gasteiger partial charge in [-0.05, 0) is 43.4 Å². The molecule has 1 amide bonds. The number of aromatic nitrogens is 3. The highest BCUT2D eigenvalue weighted by atomic mass is 32.2. The third kappa shape index (κ3) is 3.13. The van der Waals surface area contributed by atoms with Gasteiger partial charge in [0.15, 0.2) is 5.16 Å². The molecule has 3 aliphatic rings. The summed E-state index contributed by atoms with van der Waals surface area (Å²) >= 11 is 1.42. The van der Waals surface area contributed by atoms with Crippen molar-refractivity contribution in [1.29, 1.82) is 0 Å². The number of fused-ring (bicyclic) bond motifs is 2. The Morgan fingerprint density at radius 1 is 1.37 bits per heavy atom. The molecule has 4 rings (SSSR count). The fourth-order valence-electron chi connectivity index (χ4n) is 4.74. The molecule has 2 atom stereocenters. The minimum absolute atomic E-state index is 0.0854. The quantitative estimate of drug-likeness (QED) is 0.439. The van der Waals surface area contributed by atoms with Gasteiger partial charge in [-0.3, -0.25) is 4.79 Å². The van der Waals surface area contributed by atoms with Crippen LogP contribution in [0.15, 0.2) is 22.9 Å². The predicted octanol–water partition coefficient (Wildman–Crippen LogP) is 3.75. The summed E-state index contributed by atoms with van der Waals surface area (Å²) in [5.41, 5.74) is 4.33. The second kappa shape index (κ2) is 6.76. The Morgan fingerprint density at radius 2 is 2.15 bits per heavy atom. The predicted molar refractivity (Wildman–Crippen MR) is 108 cm³/mol. The van der Waals surface area contributed by atoms with E-state index < -0.39 is 0 Å². The molecule has 0 saturated heterocycles. The molecule has 0 radical (unpaired) electrons. The summed E-state index contributed by atoms with van der Waals surface area (Å²) in [5.74, 6) is 2.44. The lowest BCUT2D eigenvalue weighted by molar-refractivity contribution is -0.118. The summed E-state index contributed by atoms with van der Waals surface area (Å²) in [4.78, 5) is 12.4. The van der Waals surface area contributed by atoms with Crippen LogP contribution in [0.2, 0.25) is 0 Å². The Bertz CT molecular complexity index is 794. The summed E-state index contributed by atoms with van der Waals surface area (Å²) < 4.78 is 2.08. The summed E-state index contributed by atoms with van der Waals surface area (Å²) in [5, 5.41) is 13.9. The van der Waals surface area contributed by atoms with Gasteiger partial charge in [-0.15, -0.1) is 16.8 Å². The number of allylic oxidation sites excluding steroid dienone is 1. The smallest absolute Gasteiger partial charge is 0.250 e. The van der Waals surface area contributed by atoms with Gasteiger partial charge in [-0.2, -0.15) is 5.10 Å². The number of nitrogens with zero attached hydrogens (tertiary/aromatic N) is 4. The largest absolute Gasteiger partial charge is 0.302 e. The fraction of sp³-hybridized carbons (Fsp3) is 0.700. The standard InChI is InChI=1S/C20H29N5OS/c1-5-10-25-17(13-6-7-13)23-24-18(25)27-12-16(26)22-21-15-11-14-8-9-20(15,4)19(14,2)3/h5,13-14H,1,6-12H2,2-4H3,(H,22,26). The normalized spacial score (nSPS) is 30.0. The van der Waals surface area contributed by atoms with Crippen molar-refractivity contribution >= 4 is 23.4 Å². The third-order valence-corrected chi connectivity index (χ3v) is 8.13. The second-order valence-corrected chi connectivity index (χ2v) is 9.83. The number of hydrogen-bond donors (Lipinski definition) is 1. The van der Waals surface area contributed by atoms with Gasteiger partial charge in [0.05, 0.1) is 5.75 Å². The summed E-state index contributed by atoms with van der Waals surface area (Å²) in [7, 11) is 0. The first-order valence-electron chi connectivity index (χ1n) is 9.89. The Balaban J connectivity index is 1.37. The van der Waals surface area contributed by atoms with Crippen molar-refractivity contribution in [3.05, 3.63) is 18.5 Å². The molecule has 0 spiro atoms. The van der Waals surface area contributed by atoms with E-state index in [1.54, 1.807) is 0 Å². The minimum Gasteiger partial charge on any atom is -0.302 e. The van der Waals surface area contributed by atoms with Crippen LogP contribution < -0.4 is 5.43 Å². The maximum absolute atomic E-state index is 12.4. The molecule has 1 aromatic rings. The van der Waals surface area contributed by atoms with Crippen LogP contribution in [0.4, 0.5) is 0 Å². The van der Waals surface area contributed by atoms with E-state index in [2.05, 4.69) is 52.6 Å². The molecule has 0 aliphatic heterocycles. The van der Waals surface area contributed by atoms with Gasteiger partial charge in [-0.1, -0.05) is 38.6 Å². The number of carbonyl (C=O) groups excluding carboxylic acids is 1. The van der Waals surface area contributed by atoms with E-state index in [0.717, 1.165) is 23.1 Å². The van der Waals surface area contributed by atoms with Crippen molar-refractivity contribution < 1.29 is 4.79 Å². The van der Waals surface area contributed by atoms with Gasteiger partial charge in [0.25, 0.3) is 5.91 Å². The molecule has 2 bridgehead atoms. The molecular weight excluding hydrogens is 358 g/mol. The monoisotopic (exact) mass is 387 g/mol. The summed E-state index contributed by atoms with van der Waals surface area (Å²) in [6.45, 7) is 11.5. The first-order chi connectivity index (χ1) is 12.9. The molecule has 2 unspecified atom stereocenters. The number of rotatable bonds is 7. The number of hydrazone groups is 1. The van der Waals surface area contributed by atoms with E-state index in [0.29, 0.717) is 24.1 Å². The SMILES string of the molecule is C=CCn1c(SCC(=O)NN=C2CC3CCC2(C)C3(C)C)nnc1C1CC1. The van der Waals surface area contributed by atoms with Gasteiger partial charge in [0, 0.05) is 23.6 Å². The summed E-state index contributed by atoms with van der Waals surface area (Å²) in [6, 6.07) is 0. The molecule has 3 fully saturated rings. The molecular formula is C20H29N5OS. The number of carbonyl (C=O) groups is 1.